The summed E-state index contributed by atoms with van der Waals surface area (Å²) in [5.74, 6) is 1.54. The molecule has 2 aliphatic rings. The number of carbonyl (C=O) groups excluding carboxylic acids is 2. The third-order valence-corrected chi connectivity index (χ3v) is 6.86. The molecule has 0 radical (unpaired) electrons. The number of hydrogen-bond acceptors (Lipinski definition) is 5. The molecular formula is C23H30N4O3S. The van der Waals surface area contributed by atoms with E-state index in [0.29, 0.717) is 5.82 Å². The average molecular weight is 443 g/mol. The van der Waals surface area contributed by atoms with Gasteiger partial charge in [0.25, 0.3) is 0 Å². The number of para-hydroxylation sites is 1. The number of thioether (sulfide) groups is 1. The first kappa shape index (κ1) is 21.7. The Labute approximate surface area is 187 Å². The monoisotopic (exact) mass is 442 g/mol. The van der Waals surface area contributed by atoms with Crippen LogP contribution in [0.1, 0.15) is 55.7 Å². The Bertz CT molecular complexity index is 1010. The van der Waals surface area contributed by atoms with Gasteiger partial charge in [-0.1, -0.05) is 39.0 Å². The number of fused-ring (bicyclic) bond motifs is 1. The van der Waals surface area contributed by atoms with Crippen LogP contribution in [0.25, 0.3) is 0 Å². The fraction of sp³-hybridized carbons (Fsp3) is 0.522. The normalized spacial score (nSPS) is 19.1. The molecular weight excluding hydrogens is 412 g/mol. The van der Waals surface area contributed by atoms with Gasteiger partial charge in [0.2, 0.25) is 11.8 Å². The van der Waals surface area contributed by atoms with E-state index in [1.165, 1.54) is 0 Å². The maximum Gasteiger partial charge on any atom is 0.240 e. The summed E-state index contributed by atoms with van der Waals surface area (Å²) < 4.78 is 7.41. The van der Waals surface area contributed by atoms with Crippen LogP contribution in [0, 0.1) is 0 Å². The molecule has 166 valence electrons. The molecule has 1 fully saturated rings. The molecule has 1 N–H and O–H groups in total. The Morgan fingerprint density at radius 1 is 1.29 bits per heavy atom. The van der Waals surface area contributed by atoms with Gasteiger partial charge in [0.05, 0.1) is 23.8 Å². The van der Waals surface area contributed by atoms with Crippen molar-refractivity contribution in [2.75, 3.05) is 24.3 Å². The predicted molar refractivity (Wildman–Crippen MR) is 123 cm³/mol. The van der Waals surface area contributed by atoms with Gasteiger partial charge in [0.1, 0.15) is 18.1 Å². The summed E-state index contributed by atoms with van der Waals surface area (Å²) in [6.07, 6.45) is 2.02. The van der Waals surface area contributed by atoms with Crippen LogP contribution in [-0.4, -0.2) is 47.0 Å². The maximum atomic E-state index is 13.2. The fourth-order valence-electron chi connectivity index (χ4n) is 4.02. The first-order valence-electron chi connectivity index (χ1n) is 10.6. The van der Waals surface area contributed by atoms with Crippen molar-refractivity contribution in [3.05, 3.63) is 41.1 Å². The summed E-state index contributed by atoms with van der Waals surface area (Å²) in [5.41, 5.74) is 2.68. The number of hydrogen-bond donors (Lipinski definition) is 1. The molecule has 31 heavy (non-hydrogen) atoms. The second-order valence-electron chi connectivity index (χ2n) is 9.21. The van der Waals surface area contributed by atoms with Crippen LogP contribution >= 0.6 is 11.8 Å². The molecule has 1 unspecified atom stereocenters. The van der Waals surface area contributed by atoms with Gasteiger partial charge in [0, 0.05) is 29.6 Å². The average Bonchev–Trinajstić information content (AvgIpc) is 3.48. The van der Waals surface area contributed by atoms with Gasteiger partial charge in [-0.15, -0.1) is 11.8 Å². The van der Waals surface area contributed by atoms with Crippen molar-refractivity contribution in [1.29, 1.82) is 0 Å². The number of carbonyl (C=O) groups is 2. The molecule has 1 atom stereocenters. The molecule has 8 heteroatoms. The quantitative estimate of drug-likeness (QED) is 0.770. The molecule has 1 aliphatic carbocycles. The third kappa shape index (κ3) is 4.31. The molecule has 1 saturated carbocycles. The Morgan fingerprint density at radius 2 is 2.00 bits per heavy atom. The molecule has 2 heterocycles. The minimum Gasteiger partial charge on any atom is -0.496 e. The zero-order valence-corrected chi connectivity index (χ0v) is 19.6. The number of anilines is 1. The highest BCUT2D eigenvalue weighted by Crippen LogP contribution is 2.49. The van der Waals surface area contributed by atoms with E-state index in [0.717, 1.165) is 35.4 Å². The van der Waals surface area contributed by atoms with Gasteiger partial charge in [0.15, 0.2) is 0 Å². The number of aromatic nitrogens is 2. The zero-order valence-electron chi connectivity index (χ0n) is 18.8. The standard InChI is InChI=1S/C23H30N4O3S/c1-23(2,3)21-19-20(15-8-6-7-9-16(15)30-5)31-13-18(29)27(22(19)26(4)25-21)12-17(28)24-14-10-11-14/h6-9,14,20H,10-13H2,1-5H3,(H,24,28). The molecule has 0 spiro atoms. The molecule has 1 aliphatic heterocycles. The van der Waals surface area contributed by atoms with E-state index in [1.807, 2.05) is 31.3 Å². The van der Waals surface area contributed by atoms with Crippen LogP contribution in [0.15, 0.2) is 24.3 Å². The molecule has 4 rings (SSSR count). The summed E-state index contributed by atoms with van der Waals surface area (Å²) >= 11 is 1.56. The van der Waals surface area contributed by atoms with E-state index in [9.17, 15) is 9.59 Å². The largest absolute Gasteiger partial charge is 0.496 e. The van der Waals surface area contributed by atoms with Crippen LogP contribution in [0.3, 0.4) is 0 Å². The van der Waals surface area contributed by atoms with Gasteiger partial charge in [-0.05, 0) is 18.9 Å². The third-order valence-electron chi connectivity index (χ3n) is 5.62. The first-order valence-corrected chi connectivity index (χ1v) is 11.7. The van der Waals surface area contributed by atoms with Crippen molar-refractivity contribution in [3.63, 3.8) is 0 Å². The van der Waals surface area contributed by atoms with Crippen LogP contribution in [0.2, 0.25) is 0 Å². The van der Waals surface area contributed by atoms with E-state index in [2.05, 4.69) is 26.1 Å². The van der Waals surface area contributed by atoms with Gasteiger partial charge in [-0.2, -0.15) is 5.10 Å². The first-order chi connectivity index (χ1) is 14.7. The molecule has 0 saturated heterocycles. The van der Waals surface area contributed by atoms with Crippen molar-refractivity contribution < 1.29 is 14.3 Å². The summed E-state index contributed by atoms with van der Waals surface area (Å²) in [6, 6.07) is 8.16. The Morgan fingerprint density at radius 3 is 2.65 bits per heavy atom. The van der Waals surface area contributed by atoms with Crippen molar-refractivity contribution in [2.45, 2.75) is 50.3 Å². The number of ether oxygens (including phenoxy) is 1. The maximum absolute atomic E-state index is 13.2. The van der Waals surface area contributed by atoms with Crippen LogP contribution in [-0.2, 0) is 22.1 Å². The van der Waals surface area contributed by atoms with Crippen LogP contribution in [0.4, 0.5) is 5.82 Å². The highest BCUT2D eigenvalue weighted by Gasteiger charge is 2.40. The zero-order chi connectivity index (χ0) is 22.3. The summed E-state index contributed by atoms with van der Waals surface area (Å²) in [5, 5.41) is 7.71. The van der Waals surface area contributed by atoms with E-state index in [1.54, 1.807) is 28.5 Å². The Balaban J connectivity index is 1.85. The Hall–Kier alpha value is -2.48. The highest BCUT2D eigenvalue weighted by molar-refractivity contribution is 8.00. The highest BCUT2D eigenvalue weighted by atomic mass is 32.2. The Kier molecular flexibility index (Phi) is 5.77. The molecule has 2 aromatic rings. The second-order valence-corrected chi connectivity index (χ2v) is 10.3. The van der Waals surface area contributed by atoms with E-state index < -0.39 is 0 Å². The SMILES string of the molecule is COc1ccccc1C1SCC(=O)N(CC(=O)NC2CC2)c2c1c(C(C)(C)C)nn2C. The van der Waals surface area contributed by atoms with E-state index in [4.69, 9.17) is 9.84 Å². The van der Waals surface area contributed by atoms with Gasteiger partial charge < -0.3 is 10.1 Å². The topological polar surface area (TPSA) is 76.5 Å². The second kappa shape index (κ2) is 8.22. The lowest BCUT2D eigenvalue weighted by Crippen LogP contribution is -2.43. The van der Waals surface area contributed by atoms with Crippen LogP contribution < -0.4 is 15.0 Å². The minimum absolute atomic E-state index is 0.00462. The van der Waals surface area contributed by atoms with Crippen molar-refractivity contribution >= 4 is 29.4 Å². The summed E-state index contributed by atoms with van der Waals surface area (Å²) in [7, 11) is 3.51. The molecule has 1 aromatic carbocycles. The predicted octanol–water partition coefficient (Wildman–Crippen LogP) is 3.17. The van der Waals surface area contributed by atoms with Crippen LogP contribution in [0.5, 0.6) is 5.75 Å². The summed E-state index contributed by atoms with van der Waals surface area (Å²) in [4.78, 5) is 27.5. The van der Waals surface area contributed by atoms with Gasteiger partial charge in [-0.25, -0.2) is 0 Å². The van der Waals surface area contributed by atoms with Gasteiger partial charge >= 0.3 is 0 Å². The number of benzene rings is 1. The van der Waals surface area contributed by atoms with E-state index in [-0.39, 0.29) is 40.8 Å². The number of nitrogens with one attached hydrogen (secondary N) is 1. The number of amides is 2. The van der Waals surface area contributed by atoms with Crippen molar-refractivity contribution in [3.8, 4) is 5.75 Å². The lowest BCUT2D eigenvalue weighted by molar-refractivity contribution is -0.123. The van der Waals surface area contributed by atoms with Crippen molar-refractivity contribution in [1.82, 2.24) is 15.1 Å². The smallest absolute Gasteiger partial charge is 0.240 e. The number of rotatable bonds is 5. The van der Waals surface area contributed by atoms with Gasteiger partial charge in [-0.3, -0.25) is 19.2 Å². The lowest BCUT2D eigenvalue weighted by atomic mass is 9.87. The molecule has 2 amide bonds. The molecule has 0 bridgehead atoms. The number of methoxy groups -OCH3 is 1. The lowest BCUT2D eigenvalue weighted by Gasteiger charge is -2.25. The fourth-order valence-corrected chi connectivity index (χ4v) is 5.24. The number of nitrogens with zero attached hydrogens (tertiary/aromatic N) is 3. The molecule has 1 aromatic heterocycles. The number of aryl methyl sites for hydroxylation is 1. The summed E-state index contributed by atoms with van der Waals surface area (Å²) in [6.45, 7) is 6.37. The van der Waals surface area contributed by atoms with E-state index >= 15 is 0 Å². The van der Waals surface area contributed by atoms with Crippen molar-refractivity contribution in [2.24, 2.45) is 7.05 Å². The molecule has 7 nitrogen and oxygen atoms in total. The minimum atomic E-state index is -0.235.